The van der Waals surface area contributed by atoms with Crippen LogP contribution in [0.25, 0.3) is 5.57 Å². The van der Waals surface area contributed by atoms with Gasteiger partial charge in [-0.25, -0.2) is 0 Å². The second-order valence-electron chi connectivity index (χ2n) is 4.20. The van der Waals surface area contributed by atoms with Gasteiger partial charge in [-0.3, -0.25) is 9.59 Å². The normalized spacial score (nSPS) is 10.8. The average Bonchev–Trinajstić information content (AvgIpc) is 2.44. The molecule has 3 nitrogen and oxygen atoms in total. The lowest BCUT2D eigenvalue weighted by molar-refractivity contribution is -0.141. The van der Waals surface area contributed by atoms with E-state index in [1.807, 2.05) is 30.3 Å². The third-order valence-corrected chi connectivity index (χ3v) is 2.64. The van der Waals surface area contributed by atoms with Crippen LogP contribution in [-0.4, -0.2) is 18.4 Å². The molecule has 20 heavy (non-hydrogen) atoms. The summed E-state index contributed by atoms with van der Waals surface area (Å²) in [4.78, 5) is 23.0. The van der Waals surface area contributed by atoms with Crippen molar-refractivity contribution in [3.05, 3.63) is 66.8 Å². The summed E-state index contributed by atoms with van der Waals surface area (Å²) in [7, 11) is 0. The number of benzene rings is 1. The van der Waals surface area contributed by atoms with Crippen molar-refractivity contribution in [1.29, 1.82) is 0 Å². The predicted octanol–water partition coefficient (Wildman–Crippen LogP) is 3.33. The number of hydrogen-bond donors (Lipinski definition) is 0. The van der Waals surface area contributed by atoms with Gasteiger partial charge in [-0.2, -0.15) is 0 Å². The predicted molar refractivity (Wildman–Crippen MR) is 80.0 cm³/mol. The summed E-state index contributed by atoms with van der Waals surface area (Å²) in [5.41, 5.74) is 1.75. The molecule has 3 heteroatoms. The van der Waals surface area contributed by atoms with Crippen LogP contribution in [0.3, 0.4) is 0 Å². The molecule has 1 rings (SSSR count). The summed E-state index contributed by atoms with van der Waals surface area (Å²) in [6, 6.07) is 9.32. The van der Waals surface area contributed by atoms with E-state index < -0.39 is 0 Å². The van der Waals surface area contributed by atoms with Gasteiger partial charge in [0, 0.05) is 18.9 Å². The fourth-order valence-corrected chi connectivity index (χ4v) is 1.66. The molecule has 0 N–H and O–H groups in total. The lowest BCUT2D eigenvalue weighted by atomic mass is 9.96. The standard InChI is InChI=1S/C17H18O3/c1-4-8-16(15-9-6-5-7-10-15)17(19)13(2)11-12-20-14(3)18/h4-10H,1-2,11-12H2,3H3/b16-8+. The largest absolute Gasteiger partial charge is 0.466 e. The minimum Gasteiger partial charge on any atom is -0.466 e. The van der Waals surface area contributed by atoms with E-state index in [1.54, 1.807) is 12.2 Å². The lowest BCUT2D eigenvalue weighted by Crippen LogP contribution is -2.09. The molecule has 104 valence electrons. The van der Waals surface area contributed by atoms with Crippen LogP contribution in [0.2, 0.25) is 0 Å². The molecule has 0 amide bonds. The topological polar surface area (TPSA) is 43.4 Å². The van der Waals surface area contributed by atoms with Gasteiger partial charge in [0.25, 0.3) is 0 Å². The quantitative estimate of drug-likeness (QED) is 0.433. The van der Waals surface area contributed by atoms with Gasteiger partial charge in [0.15, 0.2) is 5.78 Å². The van der Waals surface area contributed by atoms with Crippen molar-refractivity contribution in [2.24, 2.45) is 0 Å². The zero-order valence-electron chi connectivity index (χ0n) is 11.6. The molecule has 0 atom stereocenters. The molecule has 1 aromatic rings. The molecule has 0 saturated heterocycles. The number of carbonyl (C=O) groups is 2. The first-order chi connectivity index (χ1) is 9.56. The Balaban J connectivity index is 2.81. The van der Waals surface area contributed by atoms with Crippen LogP contribution in [0.5, 0.6) is 0 Å². The molecule has 0 aliphatic rings. The van der Waals surface area contributed by atoms with Gasteiger partial charge in [-0.15, -0.1) is 0 Å². The van der Waals surface area contributed by atoms with E-state index in [-0.39, 0.29) is 18.4 Å². The fourth-order valence-electron chi connectivity index (χ4n) is 1.66. The Labute approximate surface area is 119 Å². The molecular formula is C17H18O3. The van der Waals surface area contributed by atoms with E-state index in [1.165, 1.54) is 6.92 Å². The molecule has 0 bridgehead atoms. The molecule has 0 aromatic heterocycles. The molecule has 0 spiro atoms. The molecule has 1 aromatic carbocycles. The molecular weight excluding hydrogens is 252 g/mol. The number of rotatable bonds is 7. The van der Waals surface area contributed by atoms with Crippen molar-refractivity contribution >= 4 is 17.3 Å². The van der Waals surface area contributed by atoms with E-state index in [2.05, 4.69) is 13.2 Å². The number of hydrogen-bond acceptors (Lipinski definition) is 3. The lowest BCUT2D eigenvalue weighted by Gasteiger charge is -2.09. The molecule has 0 unspecified atom stereocenters. The molecule has 0 radical (unpaired) electrons. The van der Waals surface area contributed by atoms with Crippen molar-refractivity contribution in [2.45, 2.75) is 13.3 Å². The van der Waals surface area contributed by atoms with Crippen molar-refractivity contribution in [3.8, 4) is 0 Å². The second-order valence-corrected chi connectivity index (χ2v) is 4.20. The Bertz CT molecular complexity index is 539. The van der Waals surface area contributed by atoms with Gasteiger partial charge >= 0.3 is 5.97 Å². The Morgan fingerprint density at radius 2 is 1.90 bits per heavy atom. The number of ketones is 1. The smallest absolute Gasteiger partial charge is 0.302 e. The second kappa shape index (κ2) is 7.89. The van der Waals surface area contributed by atoms with E-state index in [0.717, 1.165) is 5.56 Å². The fraction of sp³-hybridized carbons (Fsp3) is 0.176. The number of carbonyl (C=O) groups excluding carboxylic acids is 2. The van der Waals surface area contributed by atoms with Crippen LogP contribution >= 0.6 is 0 Å². The van der Waals surface area contributed by atoms with E-state index in [9.17, 15) is 9.59 Å². The summed E-state index contributed by atoms with van der Waals surface area (Å²) in [5, 5.41) is 0. The molecule has 0 saturated carbocycles. The van der Waals surface area contributed by atoms with Gasteiger partial charge in [-0.05, 0) is 11.1 Å². The summed E-state index contributed by atoms with van der Waals surface area (Å²) in [6.07, 6.45) is 3.55. The monoisotopic (exact) mass is 270 g/mol. The van der Waals surface area contributed by atoms with Gasteiger partial charge in [0.05, 0.1) is 6.61 Å². The van der Waals surface area contributed by atoms with Crippen LogP contribution in [0.4, 0.5) is 0 Å². The number of ether oxygens (including phenoxy) is 1. The zero-order valence-corrected chi connectivity index (χ0v) is 11.6. The minimum atomic E-state index is -0.366. The molecule has 0 aliphatic heterocycles. The van der Waals surface area contributed by atoms with Crippen LogP contribution in [0.15, 0.2) is 61.2 Å². The number of esters is 1. The Morgan fingerprint density at radius 3 is 2.45 bits per heavy atom. The summed E-state index contributed by atoms with van der Waals surface area (Å²) >= 11 is 0. The third kappa shape index (κ3) is 4.69. The zero-order chi connectivity index (χ0) is 15.0. The van der Waals surface area contributed by atoms with Gasteiger partial charge in [0.1, 0.15) is 0 Å². The van der Waals surface area contributed by atoms with Crippen molar-refractivity contribution in [3.63, 3.8) is 0 Å². The highest BCUT2D eigenvalue weighted by Crippen LogP contribution is 2.20. The first-order valence-corrected chi connectivity index (χ1v) is 6.30. The molecule has 0 fully saturated rings. The highest BCUT2D eigenvalue weighted by molar-refractivity contribution is 6.28. The van der Waals surface area contributed by atoms with Crippen LogP contribution in [-0.2, 0) is 14.3 Å². The SMILES string of the molecule is C=C/C=C(/C(=O)C(=C)CCOC(C)=O)c1ccccc1. The first kappa shape index (κ1) is 15.6. The first-order valence-electron chi connectivity index (χ1n) is 6.30. The van der Waals surface area contributed by atoms with Crippen molar-refractivity contribution in [2.75, 3.05) is 6.61 Å². The maximum absolute atomic E-state index is 12.4. The van der Waals surface area contributed by atoms with E-state index in [0.29, 0.717) is 17.6 Å². The Morgan fingerprint density at radius 1 is 1.25 bits per heavy atom. The van der Waals surface area contributed by atoms with Gasteiger partial charge in [0.2, 0.25) is 0 Å². The van der Waals surface area contributed by atoms with Crippen molar-refractivity contribution in [1.82, 2.24) is 0 Å². The van der Waals surface area contributed by atoms with Crippen LogP contribution < -0.4 is 0 Å². The van der Waals surface area contributed by atoms with Crippen molar-refractivity contribution < 1.29 is 14.3 Å². The third-order valence-electron chi connectivity index (χ3n) is 2.64. The molecule has 0 aliphatic carbocycles. The van der Waals surface area contributed by atoms with E-state index in [4.69, 9.17) is 4.74 Å². The van der Waals surface area contributed by atoms with Crippen LogP contribution in [0, 0.1) is 0 Å². The maximum atomic E-state index is 12.4. The number of allylic oxidation sites excluding steroid dienone is 3. The van der Waals surface area contributed by atoms with E-state index >= 15 is 0 Å². The highest BCUT2D eigenvalue weighted by atomic mass is 16.5. The highest BCUT2D eigenvalue weighted by Gasteiger charge is 2.14. The van der Waals surface area contributed by atoms with Gasteiger partial charge in [-0.1, -0.05) is 55.6 Å². The van der Waals surface area contributed by atoms with Crippen LogP contribution in [0.1, 0.15) is 18.9 Å². The minimum absolute atomic E-state index is 0.163. The summed E-state index contributed by atoms with van der Waals surface area (Å²) in [5.74, 6) is -0.529. The van der Waals surface area contributed by atoms with Gasteiger partial charge < -0.3 is 4.74 Å². The summed E-state index contributed by atoms with van der Waals surface area (Å²) in [6.45, 7) is 8.88. The Hall–Kier alpha value is -2.42. The Kier molecular flexibility index (Phi) is 6.17. The summed E-state index contributed by atoms with van der Waals surface area (Å²) < 4.78 is 4.82. The molecule has 0 heterocycles. The average molecular weight is 270 g/mol. The number of Topliss-reactive ketones (excluding diaryl/α,β-unsaturated/α-hetero) is 1. The maximum Gasteiger partial charge on any atom is 0.302 e.